The molecule has 1 atom stereocenters. The summed E-state index contributed by atoms with van der Waals surface area (Å²) in [5, 5.41) is 2.70. The van der Waals surface area contributed by atoms with E-state index in [1.165, 1.54) is 66.6 Å². The van der Waals surface area contributed by atoms with Crippen LogP contribution in [0.2, 0.25) is 0 Å². The number of pyridine rings is 1. The maximum absolute atomic E-state index is 13.1. The van der Waals surface area contributed by atoms with E-state index >= 15 is 0 Å². The molecule has 0 bridgehead atoms. The molecule has 1 saturated carbocycles. The quantitative estimate of drug-likeness (QED) is 0.324. The van der Waals surface area contributed by atoms with Crippen LogP contribution >= 0.6 is 0 Å². The molecule has 0 spiro atoms. The summed E-state index contributed by atoms with van der Waals surface area (Å²) in [4.78, 5) is 43.1. The zero-order valence-electron chi connectivity index (χ0n) is 23.0. The molecular weight excluding hydrogens is 589 g/mol. The van der Waals surface area contributed by atoms with E-state index < -0.39 is 39.6 Å². The maximum atomic E-state index is 13.1. The Balaban J connectivity index is 1.52. The first-order valence-electron chi connectivity index (χ1n) is 13.3. The lowest BCUT2D eigenvalue weighted by molar-refractivity contribution is -0.137. The van der Waals surface area contributed by atoms with Crippen molar-refractivity contribution in [1.82, 2.24) is 10.3 Å². The Morgan fingerprint density at radius 3 is 2.21 bits per heavy atom. The second kappa shape index (κ2) is 12.8. The number of amides is 3. The Morgan fingerprint density at radius 1 is 1.05 bits per heavy atom. The Kier molecular flexibility index (Phi) is 9.38. The van der Waals surface area contributed by atoms with Crippen LogP contribution in [0.5, 0.6) is 0 Å². The van der Waals surface area contributed by atoms with Crippen molar-refractivity contribution in [3.05, 3.63) is 89.1 Å². The maximum Gasteiger partial charge on any atom is 0.416 e. The van der Waals surface area contributed by atoms with E-state index in [9.17, 15) is 36.0 Å². The fourth-order valence-electron chi connectivity index (χ4n) is 4.19. The highest BCUT2D eigenvalue weighted by Crippen LogP contribution is 2.34. The van der Waals surface area contributed by atoms with E-state index in [0.717, 1.165) is 12.1 Å². The lowest BCUT2D eigenvalue weighted by Crippen LogP contribution is -2.34. The largest absolute Gasteiger partial charge is 0.447 e. The van der Waals surface area contributed by atoms with Crippen molar-refractivity contribution < 1.29 is 40.7 Å². The molecule has 1 aromatic heterocycles. The average Bonchev–Trinajstić information content (AvgIpc) is 3.83. The summed E-state index contributed by atoms with van der Waals surface area (Å²) in [6, 6.07) is 12.3. The summed E-state index contributed by atoms with van der Waals surface area (Å²) >= 11 is 0. The monoisotopic (exact) mass is 618 g/mol. The van der Waals surface area contributed by atoms with Crippen molar-refractivity contribution in [3.8, 4) is 0 Å². The van der Waals surface area contributed by atoms with E-state index in [0.29, 0.717) is 24.0 Å². The standard InChI is InChI=1S/C29H29F3N4O6S/c1-2-43(40,41)23-12-7-19(8-13-23)24(17-42-28(33)39)35-26(37)21-9-14-25(34-15-21)36(27(38)20-5-6-20)16-18-3-10-22(11-4-18)29(30,31)32/h3-4,7-15,20,24H,2,5-6,16-17H2,1H3,(H2,33,39)(H,35,37)/t24-/m0/s1. The number of carbonyl (C=O) groups excluding carboxylic acids is 3. The highest BCUT2D eigenvalue weighted by Gasteiger charge is 2.35. The molecule has 14 heteroatoms. The van der Waals surface area contributed by atoms with Gasteiger partial charge in [0.2, 0.25) is 5.91 Å². The van der Waals surface area contributed by atoms with E-state index in [-0.39, 0.29) is 47.0 Å². The summed E-state index contributed by atoms with van der Waals surface area (Å²) < 4.78 is 68.1. The molecule has 2 aromatic carbocycles. The van der Waals surface area contributed by atoms with Crippen LogP contribution in [0.25, 0.3) is 0 Å². The van der Waals surface area contributed by atoms with Crippen molar-refractivity contribution in [2.45, 2.75) is 43.4 Å². The van der Waals surface area contributed by atoms with Crippen LogP contribution in [0.15, 0.2) is 71.8 Å². The van der Waals surface area contributed by atoms with E-state index in [2.05, 4.69) is 10.3 Å². The van der Waals surface area contributed by atoms with Crippen LogP contribution in [0, 0.1) is 5.92 Å². The predicted molar refractivity (Wildman–Crippen MR) is 150 cm³/mol. The zero-order chi connectivity index (χ0) is 31.4. The third kappa shape index (κ3) is 8.09. The smallest absolute Gasteiger partial charge is 0.416 e. The van der Waals surface area contributed by atoms with Gasteiger partial charge in [0, 0.05) is 12.1 Å². The van der Waals surface area contributed by atoms with Crippen molar-refractivity contribution >= 4 is 33.6 Å². The second-order valence-corrected chi connectivity index (χ2v) is 12.2. The molecule has 1 aliphatic carbocycles. The van der Waals surface area contributed by atoms with Crippen LogP contribution in [0.1, 0.15) is 52.9 Å². The van der Waals surface area contributed by atoms with Gasteiger partial charge in [0.15, 0.2) is 9.84 Å². The van der Waals surface area contributed by atoms with Gasteiger partial charge >= 0.3 is 12.3 Å². The van der Waals surface area contributed by atoms with Gasteiger partial charge < -0.3 is 15.8 Å². The van der Waals surface area contributed by atoms with E-state index in [1.54, 1.807) is 0 Å². The number of hydrogen-bond donors (Lipinski definition) is 2. The summed E-state index contributed by atoms with van der Waals surface area (Å²) in [7, 11) is -3.45. The fraction of sp³-hybridized carbons (Fsp3) is 0.310. The Hall–Kier alpha value is -4.46. The molecule has 3 aromatic rings. The van der Waals surface area contributed by atoms with Gasteiger partial charge in [0.25, 0.3) is 5.91 Å². The molecule has 0 unspecified atom stereocenters. The van der Waals surface area contributed by atoms with Gasteiger partial charge in [-0.1, -0.05) is 31.2 Å². The topological polar surface area (TPSA) is 149 Å². The number of carbonyl (C=O) groups is 3. The first kappa shape index (κ1) is 31.5. The highest BCUT2D eigenvalue weighted by atomic mass is 32.2. The summed E-state index contributed by atoms with van der Waals surface area (Å²) in [5.74, 6) is -0.903. The molecule has 0 aliphatic heterocycles. The molecular formula is C29H29F3N4O6S. The number of aromatic nitrogens is 1. The summed E-state index contributed by atoms with van der Waals surface area (Å²) in [5.41, 5.74) is 5.32. The molecule has 3 amide bonds. The number of rotatable bonds is 11. The third-order valence-electron chi connectivity index (χ3n) is 6.82. The number of nitrogens with two attached hydrogens (primary N) is 1. The number of alkyl halides is 3. The van der Waals surface area contributed by atoms with Crippen LogP contribution in [0.3, 0.4) is 0 Å². The average molecular weight is 619 g/mol. The minimum absolute atomic E-state index is 0.0116. The third-order valence-corrected chi connectivity index (χ3v) is 8.57. The molecule has 228 valence electrons. The van der Waals surface area contributed by atoms with Gasteiger partial charge in [0.1, 0.15) is 12.4 Å². The summed E-state index contributed by atoms with van der Waals surface area (Å²) in [6.45, 7) is 1.17. The number of sulfone groups is 1. The van der Waals surface area contributed by atoms with Crippen molar-refractivity contribution in [2.24, 2.45) is 11.7 Å². The van der Waals surface area contributed by atoms with Gasteiger partial charge in [-0.25, -0.2) is 18.2 Å². The lowest BCUT2D eigenvalue weighted by Gasteiger charge is -2.23. The number of primary amides is 1. The minimum atomic E-state index is -4.48. The Morgan fingerprint density at radius 2 is 1.70 bits per heavy atom. The van der Waals surface area contributed by atoms with Gasteiger partial charge in [0.05, 0.1) is 34.4 Å². The molecule has 3 N–H and O–H groups in total. The Labute approximate surface area is 246 Å². The second-order valence-electron chi connectivity index (χ2n) is 9.93. The summed E-state index contributed by atoms with van der Waals surface area (Å²) in [6.07, 6.45) is -2.91. The first-order chi connectivity index (χ1) is 20.3. The number of halogens is 3. The van der Waals surface area contributed by atoms with Crippen LogP contribution in [-0.4, -0.2) is 43.7 Å². The van der Waals surface area contributed by atoms with Gasteiger partial charge in [-0.3, -0.25) is 14.5 Å². The van der Waals surface area contributed by atoms with Crippen molar-refractivity contribution in [2.75, 3.05) is 17.3 Å². The van der Waals surface area contributed by atoms with E-state index in [4.69, 9.17) is 10.5 Å². The van der Waals surface area contributed by atoms with Gasteiger partial charge in [-0.15, -0.1) is 0 Å². The number of anilines is 1. The normalized spacial score (nSPS) is 14.0. The van der Waals surface area contributed by atoms with Gasteiger partial charge in [-0.05, 0) is 60.4 Å². The molecule has 1 aliphatic rings. The number of benzene rings is 2. The van der Waals surface area contributed by atoms with E-state index in [1.807, 2.05) is 0 Å². The number of ether oxygens (including phenoxy) is 1. The molecule has 1 fully saturated rings. The minimum Gasteiger partial charge on any atom is -0.447 e. The number of hydrogen-bond acceptors (Lipinski definition) is 7. The zero-order valence-corrected chi connectivity index (χ0v) is 23.8. The van der Waals surface area contributed by atoms with Crippen molar-refractivity contribution in [3.63, 3.8) is 0 Å². The molecule has 43 heavy (non-hydrogen) atoms. The van der Waals surface area contributed by atoms with Crippen LogP contribution in [-0.2, 0) is 32.1 Å². The Bertz CT molecular complexity index is 1570. The number of nitrogens with zero attached hydrogens (tertiary/aromatic N) is 2. The molecule has 4 rings (SSSR count). The fourth-order valence-corrected chi connectivity index (χ4v) is 5.07. The van der Waals surface area contributed by atoms with Crippen molar-refractivity contribution in [1.29, 1.82) is 0 Å². The molecule has 10 nitrogen and oxygen atoms in total. The molecule has 0 saturated heterocycles. The first-order valence-corrected chi connectivity index (χ1v) is 14.9. The highest BCUT2D eigenvalue weighted by molar-refractivity contribution is 7.91. The van der Waals surface area contributed by atoms with Crippen LogP contribution in [0.4, 0.5) is 23.8 Å². The van der Waals surface area contributed by atoms with Gasteiger partial charge in [-0.2, -0.15) is 13.2 Å². The predicted octanol–water partition coefficient (Wildman–Crippen LogP) is 4.40. The molecule has 1 heterocycles. The SMILES string of the molecule is CCS(=O)(=O)c1ccc([C@H](COC(N)=O)NC(=O)c2ccc(N(Cc3ccc(C(F)(F)F)cc3)C(=O)C3CC3)nc2)cc1. The molecule has 0 radical (unpaired) electrons. The number of nitrogens with one attached hydrogen (secondary N) is 1. The lowest BCUT2D eigenvalue weighted by atomic mass is 10.1. The van der Waals surface area contributed by atoms with Crippen LogP contribution < -0.4 is 16.0 Å².